The van der Waals surface area contributed by atoms with Crippen molar-refractivity contribution in [1.29, 1.82) is 0 Å². The molecule has 0 saturated heterocycles. The van der Waals surface area contributed by atoms with Crippen molar-refractivity contribution in [2.75, 3.05) is 13.2 Å². The molecule has 0 aromatic heterocycles. The predicted octanol–water partition coefficient (Wildman–Crippen LogP) is 7.68. The molecule has 0 amide bonds. The molecule has 0 aliphatic carbocycles. The van der Waals surface area contributed by atoms with E-state index in [-0.39, 0.29) is 24.8 Å². The molecule has 30 heavy (non-hydrogen) atoms. The van der Waals surface area contributed by atoms with E-state index < -0.39 is 0 Å². The van der Waals surface area contributed by atoms with Gasteiger partial charge in [-0.3, -0.25) is 0 Å². The second-order valence-electron chi connectivity index (χ2n) is 6.39. The van der Waals surface area contributed by atoms with Gasteiger partial charge in [0, 0.05) is 24.3 Å². The van der Waals surface area contributed by atoms with Gasteiger partial charge < -0.3 is 18.9 Å². The van der Waals surface area contributed by atoms with Crippen LogP contribution in [0.5, 0.6) is 0 Å². The van der Waals surface area contributed by atoms with Gasteiger partial charge in [0.25, 0.3) is 0 Å². The second kappa shape index (κ2) is 14.3. The second-order valence-corrected chi connectivity index (χ2v) is 6.39. The summed E-state index contributed by atoms with van der Waals surface area (Å²) in [5.41, 5.74) is 4.86. The molecule has 4 unspecified atom stereocenters. The Morgan fingerprint density at radius 2 is 0.933 bits per heavy atom. The minimum Gasteiger partial charge on any atom is -0.366 e. The lowest BCUT2D eigenvalue weighted by Crippen LogP contribution is -2.05. The number of hydrogen-bond acceptors (Lipinski definition) is 4. The molecular formula is C26H40O4. The zero-order valence-corrected chi connectivity index (χ0v) is 20.0. The van der Waals surface area contributed by atoms with E-state index in [2.05, 4.69) is 38.1 Å². The van der Waals surface area contributed by atoms with Gasteiger partial charge in [0.2, 0.25) is 0 Å². The Hall–Kier alpha value is -1.72. The van der Waals surface area contributed by atoms with Crippen LogP contribution < -0.4 is 0 Å². The SMILES string of the molecule is CC.CC.CC1OC(C)c2ccccc21.CCOC1OC(OCC)c2ccccc21. The molecule has 2 aliphatic heterocycles. The van der Waals surface area contributed by atoms with Crippen LogP contribution in [-0.2, 0) is 18.9 Å². The van der Waals surface area contributed by atoms with Crippen molar-refractivity contribution >= 4 is 0 Å². The van der Waals surface area contributed by atoms with Crippen molar-refractivity contribution in [2.45, 2.75) is 80.2 Å². The van der Waals surface area contributed by atoms with Crippen LogP contribution in [0.4, 0.5) is 0 Å². The average molecular weight is 417 g/mol. The predicted molar refractivity (Wildman–Crippen MR) is 123 cm³/mol. The zero-order chi connectivity index (χ0) is 22.5. The third-order valence-corrected chi connectivity index (χ3v) is 4.67. The molecule has 2 aromatic carbocycles. The van der Waals surface area contributed by atoms with Crippen LogP contribution in [0.2, 0.25) is 0 Å². The summed E-state index contributed by atoms with van der Waals surface area (Å²) in [6.45, 7) is 17.4. The minimum absolute atomic E-state index is 0.275. The quantitative estimate of drug-likeness (QED) is 0.512. The van der Waals surface area contributed by atoms with Gasteiger partial charge in [-0.15, -0.1) is 0 Å². The maximum absolute atomic E-state index is 5.67. The Kier molecular flexibility index (Phi) is 12.6. The number of rotatable bonds is 4. The maximum Gasteiger partial charge on any atom is 0.187 e. The normalized spacial score (nSPS) is 22.9. The zero-order valence-electron chi connectivity index (χ0n) is 20.0. The highest BCUT2D eigenvalue weighted by atomic mass is 16.8. The summed E-state index contributed by atoms with van der Waals surface area (Å²) in [6.07, 6.45) is 0.00731. The van der Waals surface area contributed by atoms with Crippen LogP contribution in [0.3, 0.4) is 0 Å². The molecule has 0 spiro atoms. The lowest BCUT2D eigenvalue weighted by Gasteiger charge is -2.13. The smallest absolute Gasteiger partial charge is 0.187 e. The van der Waals surface area contributed by atoms with Crippen molar-refractivity contribution in [3.8, 4) is 0 Å². The number of hydrogen-bond donors (Lipinski definition) is 0. The van der Waals surface area contributed by atoms with Gasteiger partial charge >= 0.3 is 0 Å². The van der Waals surface area contributed by atoms with Crippen molar-refractivity contribution in [3.05, 3.63) is 70.8 Å². The topological polar surface area (TPSA) is 36.9 Å². The van der Waals surface area contributed by atoms with Crippen molar-refractivity contribution in [3.63, 3.8) is 0 Å². The molecule has 4 atom stereocenters. The van der Waals surface area contributed by atoms with Gasteiger partial charge in [-0.2, -0.15) is 0 Å². The van der Waals surface area contributed by atoms with Gasteiger partial charge in [-0.1, -0.05) is 76.2 Å². The van der Waals surface area contributed by atoms with Crippen LogP contribution in [-0.4, -0.2) is 13.2 Å². The number of fused-ring (bicyclic) bond motifs is 2. The van der Waals surface area contributed by atoms with E-state index in [1.165, 1.54) is 11.1 Å². The fraction of sp³-hybridized carbons (Fsp3) is 0.538. The standard InChI is InChI=1S/C12H16O3.C10H12O.2C2H6/c1-3-13-11-9-7-5-6-8-10(9)12(15-11)14-4-2;1-7-9-5-3-4-6-10(9)8(2)11-7;2*1-2/h5-8,11-12H,3-4H2,1-2H3;3-8H,1-2H3;2*1-2H3. The molecule has 0 radical (unpaired) electrons. The summed E-state index contributed by atoms with van der Waals surface area (Å²) in [6, 6.07) is 16.4. The molecule has 0 saturated carbocycles. The summed E-state index contributed by atoms with van der Waals surface area (Å²) >= 11 is 0. The van der Waals surface area contributed by atoms with Crippen molar-refractivity contribution < 1.29 is 18.9 Å². The molecule has 2 aromatic rings. The number of benzene rings is 2. The minimum atomic E-state index is -0.275. The van der Waals surface area contributed by atoms with Gasteiger partial charge in [-0.25, -0.2) is 0 Å². The first-order valence-corrected chi connectivity index (χ1v) is 11.4. The molecule has 4 rings (SSSR count). The highest BCUT2D eigenvalue weighted by Gasteiger charge is 2.32. The van der Waals surface area contributed by atoms with Gasteiger partial charge in [0.15, 0.2) is 12.6 Å². The summed E-state index contributed by atoms with van der Waals surface area (Å²) in [4.78, 5) is 0. The first kappa shape index (κ1) is 26.3. The monoisotopic (exact) mass is 416 g/mol. The van der Waals surface area contributed by atoms with Crippen molar-refractivity contribution in [2.24, 2.45) is 0 Å². The molecule has 0 bridgehead atoms. The molecule has 4 nitrogen and oxygen atoms in total. The van der Waals surface area contributed by atoms with E-state index in [0.717, 1.165) is 11.1 Å². The Morgan fingerprint density at radius 1 is 0.600 bits per heavy atom. The molecular weight excluding hydrogens is 376 g/mol. The van der Waals surface area contributed by atoms with E-state index in [1.54, 1.807) is 0 Å². The van der Waals surface area contributed by atoms with E-state index in [0.29, 0.717) is 13.2 Å². The highest BCUT2D eigenvalue weighted by Crippen LogP contribution is 2.40. The van der Waals surface area contributed by atoms with Crippen LogP contribution in [0, 0.1) is 0 Å². The third-order valence-electron chi connectivity index (χ3n) is 4.67. The molecule has 2 heterocycles. The van der Waals surface area contributed by atoms with Crippen LogP contribution >= 0.6 is 0 Å². The Morgan fingerprint density at radius 3 is 1.27 bits per heavy atom. The van der Waals surface area contributed by atoms with Gasteiger partial charge in [0.1, 0.15) is 0 Å². The maximum atomic E-state index is 5.67. The molecule has 2 aliphatic rings. The van der Waals surface area contributed by atoms with E-state index in [9.17, 15) is 0 Å². The first-order chi connectivity index (χ1) is 14.7. The fourth-order valence-electron chi connectivity index (χ4n) is 3.46. The van der Waals surface area contributed by atoms with Gasteiger partial charge in [-0.05, 0) is 38.8 Å². The molecule has 168 valence electrons. The Labute approximate surface area is 183 Å². The van der Waals surface area contributed by atoms with Crippen LogP contribution in [0.15, 0.2) is 48.5 Å². The Balaban J connectivity index is 0.000000265. The number of ether oxygens (including phenoxy) is 4. The summed E-state index contributed by atoms with van der Waals surface area (Å²) in [7, 11) is 0. The Bertz CT molecular complexity index is 658. The van der Waals surface area contributed by atoms with Crippen LogP contribution in [0.25, 0.3) is 0 Å². The first-order valence-electron chi connectivity index (χ1n) is 11.4. The van der Waals surface area contributed by atoms with Crippen molar-refractivity contribution in [1.82, 2.24) is 0 Å². The summed E-state index contributed by atoms with van der Waals surface area (Å²) < 4.78 is 22.3. The van der Waals surface area contributed by atoms with E-state index >= 15 is 0 Å². The molecule has 0 fully saturated rings. The fourth-order valence-corrected chi connectivity index (χ4v) is 3.46. The lowest BCUT2D eigenvalue weighted by molar-refractivity contribution is -0.232. The summed E-state index contributed by atoms with van der Waals surface area (Å²) in [5.74, 6) is 0. The van der Waals surface area contributed by atoms with Gasteiger partial charge in [0.05, 0.1) is 12.2 Å². The largest absolute Gasteiger partial charge is 0.366 e. The summed E-state index contributed by atoms with van der Waals surface area (Å²) in [5, 5.41) is 0. The molecule has 0 N–H and O–H groups in total. The van der Waals surface area contributed by atoms with E-state index in [4.69, 9.17) is 18.9 Å². The lowest BCUT2D eigenvalue weighted by atomic mass is 10.0. The third kappa shape index (κ3) is 6.64. The van der Waals surface area contributed by atoms with E-state index in [1.807, 2.05) is 65.8 Å². The average Bonchev–Trinajstić information content (AvgIpc) is 3.29. The van der Waals surface area contributed by atoms with Crippen LogP contribution in [0.1, 0.15) is 102 Å². The highest BCUT2D eigenvalue weighted by molar-refractivity contribution is 5.33. The molecule has 4 heteroatoms.